The van der Waals surface area contributed by atoms with Crippen molar-refractivity contribution >= 4 is 0 Å². The van der Waals surface area contributed by atoms with Gasteiger partial charge in [0.05, 0.1) is 0 Å². The molecule has 0 aromatic rings. The minimum Gasteiger partial charge on any atom is -0.311 e. The summed E-state index contributed by atoms with van der Waals surface area (Å²) in [6, 6.07) is 2.07. The molecule has 0 bridgehead atoms. The lowest BCUT2D eigenvalue weighted by Crippen LogP contribution is -2.66. The van der Waals surface area contributed by atoms with Gasteiger partial charge in [0.1, 0.15) is 0 Å². The Hall–Kier alpha value is -0.0800. The van der Waals surface area contributed by atoms with E-state index in [1.165, 1.54) is 38.6 Å². The van der Waals surface area contributed by atoms with E-state index >= 15 is 0 Å². The molecule has 2 atom stereocenters. The molecular weight excluding hydrogens is 220 g/mol. The van der Waals surface area contributed by atoms with Gasteiger partial charge in [-0.3, -0.25) is 4.90 Å². The fraction of sp³-hybridized carbons (Fsp3) is 1.00. The minimum absolute atomic E-state index is 0.548. The Kier molecular flexibility index (Phi) is 4.38. The van der Waals surface area contributed by atoms with Gasteiger partial charge in [0, 0.05) is 30.2 Å². The second kappa shape index (κ2) is 5.50. The lowest BCUT2D eigenvalue weighted by Gasteiger charge is -2.59. The summed E-state index contributed by atoms with van der Waals surface area (Å²) < 4.78 is 0. The van der Waals surface area contributed by atoms with Gasteiger partial charge in [-0.1, -0.05) is 27.2 Å². The molecule has 2 heteroatoms. The first-order valence-electron chi connectivity index (χ1n) is 8.01. The molecule has 2 nitrogen and oxygen atoms in total. The van der Waals surface area contributed by atoms with Crippen LogP contribution in [0.4, 0.5) is 0 Å². The second-order valence-corrected chi connectivity index (χ2v) is 7.12. The van der Waals surface area contributed by atoms with E-state index in [-0.39, 0.29) is 0 Å². The monoisotopic (exact) mass is 252 g/mol. The lowest BCUT2D eigenvalue weighted by atomic mass is 9.65. The van der Waals surface area contributed by atoms with Crippen LogP contribution in [0.25, 0.3) is 0 Å². The number of rotatable bonds is 4. The summed E-state index contributed by atoms with van der Waals surface area (Å²) in [7, 11) is 0. The first kappa shape index (κ1) is 14.3. The van der Waals surface area contributed by atoms with Crippen LogP contribution < -0.4 is 5.32 Å². The van der Waals surface area contributed by atoms with Gasteiger partial charge in [0.2, 0.25) is 0 Å². The molecule has 2 aliphatic rings. The Morgan fingerprint density at radius 2 is 1.89 bits per heavy atom. The average Bonchev–Trinajstić information content (AvgIpc) is 2.25. The van der Waals surface area contributed by atoms with Gasteiger partial charge in [0.25, 0.3) is 0 Å². The third-order valence-electron chi connectivity index (χ3n) is 5.19. The van der Waals surface area contributed by atoms with E-state index < -0.39 is 0 Å². The van der Waals surface area contributed by atoms with Crippen LogP contribution in [0.3, 0.4) is 0 Å². The van der Waals surface area contributed by atoms with Crippen molar-refractivity contribution in [1.29, 1.82) is 0 Å². The lowest BCUT2D eigenvalue weighted by molar-refractivity contribution is -0.0715. The molecule has 1 aliphatic heterocycles. The second-order valence-electron chi connectivity index (χ2n) is 7.12. The summed E-state index contributed by atoms with van der Waals surface area (Å²) in [5.74, 6) is 0.834. The fourth-order valence-corrected chi connectivity index (χ4v) is 4.14. The Morgan fingerprint density at radius 3 is 2.28 bits per heavy atom. The summed E-state index contributed by atoms with van der Waals surface area (Å²) in [4.78, 5) is 2.82. The first-order chi connectivity index (χ1) is 8.48. The summed E-state index contributed by atoms with van der Waals surface area (Å²) >= 11 is 0. The average molecular weight is 252 g/mol. The first-order valence-corrected chi connectivity index (χ1v) is 8.01. The van der Waals surface area contributed by atoms with Gasteiger partial charge in [-0.15, -0.1) is 0 Å². The Morgan fingerprint density at radius 1 is 1.22 bits per heavy atom. The van der Waals surface area contributed by atoms with Crippen molar-refractivity contribution in [1.82, 2.24) is 10.2 Å². The van der Waals surface area contributed by atoms with Gasteiger partial charge >= 0.3 is 0 Å². The van der Waals surface area contributed by atoms with Crippen molar-refractivity contribution in [3.63, 3.8) is 0 Å². The van der Waals surface area contributed by atoms with E-state index in [9.17, 15) is 0 Å². The molecule has 1 N–H and O–H groups in total. The maximum absolute atomic E-state index is 3.84. The summed E-state index contributed by atoms with van der Waals surface area (Å²) in [5.41, 5.74) is 0.548. The SMILES string of the molecule is CCC1CN(C(C)C)C2(CCC2)CC1NC(C)C. The van der Waals surface area contributed by atoms with Crippen LogP contribution in [0.2, 0.25) is 0 Å². The predicted molar refractivity (Wildman–Crippen MR) is 78.9 cm³/mol. The molecule has 1 spiro atoms. The van der Waals surface area contributed by atoms with Crippen molar-refractivity contribution in [3.8, 4) is 0 Å². The number of likely N-dealkylation sites (tertiary alicyclic amines) is 1. The third-order valence-corrected chi connectivity index (χ3v) is 5.19. The van der Waals surface area contributed by atoms with Crippen LogP contribution in [-0.2, 0) is 0 Å². The van der Waals surface area contributed by atoms with Crippen LogP contribution in [-0.4, -0.2) is 35.1 Å². The number of piperidine rings is 1. The predicted octanol–water partition coefficient (Wildman–Crippen LogP) is 3.42. The van der Waals surface area contributed by atoms with Gasteiger partial charge in [0.15, 0.2) is 0 Å². The van der Waals surface area contributed by atoms with Crippen molar-refractivity contribution in [2.45, 2.75) is 90.4 Å². The minimum atomic E-state index is 0.548. The molecule has 0 aromatic carbocycles. The number of hydrogen-bond acceptors (Lipinski definition) is 2. The van der Waals surface area contributed by atoms with Crippen molar-refractivity contribution in [2.75, 3.05) is 6.54 Å². The van der Waals surface area contributed by atoms with Crippen LogP contribution in [0, 0.1) is 5.92 Å². The maximum Gasteiger partial charge on any atom is 0.0227 e. The van der Waals surface area contributed by atoms with Gasteiger partial charge < -0.3 is 5.32 Å². The zero-order valence-electron chi connectivity index (χ0n) is 13.0. The smallest absolute Gasteiger partial charge is 0.0227 e. The normalized spacial score (nSPS) is 32.2. The maximum atomic E-state index is 3.84. The molecule has 2 fully saturated rings. The van der Waals surface area contributed by atoms with E-state index in [0.717, 1.165) is 12.0 Å². The van der Waals surface area contributed by atoms with Gasteiger partial charge in [-0.2, -0.15) is 0 Å². The quantitative estimate of drug-likeness (QED) is 0.825. The van der Waals surface area contributed by atoms with Crippen LogP contribution in [0.1, 0.15) is 66.7 Å². The van der Waals surface area contributed by atoms with E-state index in [2.05, 4.69) is 44.8 Å². The van der Waals surface area contributed by atoms with Crippen LogP contribution >= 0.6 is 0 Å². The van der Waals surface area contributed by atoms with E-state index in [1.807, 2.05) is 0 Å². The van der Waals surface area contributed by atoms with E-state index in [4.69, 9.17) is 0 Å². The molecule has 2 unspecified atom stereocenters. The molecule has 1 heterocycles. The Labute approximate surface area is 114 Å². The number of nitrogens with zero attached hydrogens (tertiary/aromatic N) is 1. The molecule has 106 valence electrons. The highest BCUT2D eigenvalue weighted by atomic mass is 15.3. The zero-order chi connectivity index (χ0) is 13.3. The van der Waals surface area contributed by atoms with Gasteiger partial charge in [-0.05, 0) is 45.4 Å². The molecule has 1 aliphatic carbocycles. The van der Waals surface area contributed by atoms with Crippen molar-refractivity contribution in [2.24, 2.45) is 5.92 Å². The summed E-state index contributed by atoms with van der Waals surface area (Å²) in [6.45, 7) is 13.0. The van der Waals surface area contributed by atoms with E-state index in [0.29, 0.717) is 17.6 Å². The molecule has 0 radical (unpaired) electrons. The highest BCUT2D eigenvalue weighted by Crippen LogP contribution is 2.47. The number of nitrogens with one attached hydrogen (secondary N) is 1. The standard InChI is InChI=1S/C16H32N2/c1-6-14-11-18(13(4)5)16(8-7-9-16)10-15(14)17-12(2)3/h12-15,17H,6-11H2,1-5H3. The molecule has 18 heavy (non-hydrogen) atoms. The topological polar surface area (TPSA) is 15.3 Å². The number of hydrogen-bond donors (Lipinski definition) is 1. The molecule has 1 saturated heterocycles. The van der Waals surface area contributed by atoms with E-state index in [1.54, 1.807) is 0 Å². The van der Waals surface area contributed by atoms with Crippen molar-refractivity contribution in [3.05, 3.63) is 0 Å². The molecular formula is C16H32N2. The molecule has 1 saturated carbocycles. The largest absolute Gasteiger partial charge is 0.311 e. The highest BCUT2D eigenvalue weighted by molar-refractivity contribution is 5.06. The third kappa shape index (κ3) is 2.60. The van der Waals surface area contributed by atoms with Crippen molar-refractivity contribution < 1.29 is 0 Å². The summed E-state index contributed by atoms with van der Waals surface area (Å²) in [6.07, 6.45) is 6.98. The fourth-order valence-electron chi connectivity index (χ4n) is 4.14. The molecule has 0 aromatic heterocycles. The zero-order valence-corrected chi connectivity index (χ0v) is 13.0. The van der Waals surface area contributed by atoms with Gasteiger partial charge in [-0.25, -0.2) is 0 Å². The van der Waals surface area contributed by atoms with Crippen LogP contribution in [0.15, 0.2) is 0 Å². The van der Waals surface area contributed by atoms with Crippen LogP contribution in [0.5, 0.6) is 0 Å². The summed E-state index contributed by atoms with van der Waals surface area (Å²) in [5, 5.41) is 3.84. The molecule has 2 rings (SSSR count). The highest BCUT2D eigenvalue weighted by Gasteiger charge is 2.49. The molecule has 0 amide bonds. The Balaban J connectivity index is 2.11. The Bertz CT molecular complexity index is 268.